The zero-order valence-electron chi connectivity index (χ0n) is 13.7. The Labute approximate surface area is 132 Å². The molecule has 0 aromatic carbocycles. The van der Waals surface area contributed by atoms with E-state index in [1.807, 2.05) is 17.9 Å². The van der Waals surface area contributed by atoms with Crippen molar-refractivity contribution in [2.45, 2.75) is 52.6 Å². The number of nitrogens with zero attached hydrogens (tertiary/aromatic N) is 3. The van der Waals surface area contributed by atoms with Crippen LogP contribution in [-0.2, 0) is 7.05 Å². The van der Waals surface area contributed by atoms with Crippen molar-refractivity contribution in [3.05, 3.63) is 16.4 Å². The standard InChI is InChI=1S/C15H29BrN4/c1-7-15(5,20(9-3)10-4)14(17-8-2)13-12(16)11-18-19(13)6/h11,14,17H,7-10H2,1-6H3. The minimum absolute atomic E-state index is 0.0653. The van der Waals surface area contributed by atoms with Crippen molar-refractivity contribution < 1.29 is 0 Å². The van der Waals surface area contributed by atoms with Crippen LogP contribution in [0.4, 0.5) is 0 Å². The molecule has 1 aromatic heterocycles. The molecule has 0 radical (unpaired) electrons. The fraction of sp³-hybridized carbons (Fsp3) is 0.800. The molecule has 0 aliphatic heterocycles. The number of hydrogen-bond acceptors (Lipinski definition) is 3. The topological polar surface area (TPSA) is 33.1 Å². The van der Waals surface area contributed by atoms with Gasteiger partial charge < -0.3 is 5.32 Å². The molecule has 5 heteroatoms. The van der Waals surface area contributed by atoms with E-state index < -0.39 is 0 Å². The van der Waals surface area contributed by atoms with Gasteiger partial charge in [-0.25, -0.2) is 0 Å². The third-order valence-corrected chi connectivity index (χ3v) is 5.05. The second-order valence-corrected chi connectivity index (χ2v) is 6.23. The van der Waals surface area contributed by atoms with Gasteiger partial charge in [-0.3, -0.25) is 9.58 Å². The van der Waals surface area contributed by atoms with E-state index in [4.69, 9.17) is 0 Å². The van der Waals surface area contributed by atoms with Crippen LogP contribution in [0, 0.1) is 0 Å². The first-order chi connectivity index (χ1) is 9.46. The molecule has 2 unspecified atom stereocenters. The Kier molecular flexibility index (Phi) is 6.69. The van der Waals surface area contributed by atoms with E-state index in [0.717, 1.165) is 30.5 Å². The monoisotopic (exact) mass is 344 g/mol. The highest BCUT2D eigenvalue weighted by Crippen LogP contribution is 2.37. The minimum atomic E-state index is 0.0653. The third-order valence-electron chi connectivity index (χ3n) is 4.44. The van der Waals surface area contributed by atoms with E-state index in [9.17, 15) is 0 Å². The van der Waals surface area contributed by atoms with Gasteiger partial charge in [0.1, 0.15) is 0 Å². The maximum atomic E-state index is 4.39. The molecule has 2 atom stereocenters. The van der Waals surface area contributed by atoms with Crippen LogP contribution in [0.25, 0.3) is 0 Å². The summed E-state index contributed by atoms with van der Waals surface area (Å²) in [6.07, 6.45) is 2.97. The molecule has 0 spiro atoms. The van der Waals surface area contributed by atoms with Gasteiger partial charge in [0.05, 0.1) is 22.4 Å². The summed E-state index contributed by atoms with van der Waals surface area (Å²) in [5.74, 6) is 0. The second kappa shape index (κ2) is 7.57. The molecule has 1 heterocycles. The van der Waals surface area contributed by atoms with Crippen molar-refractivity contribution in [1.82, 2.24) is 20.0 Å². The molecular formula is C15H29BrN4. The van der Waals surface area contributed by atoms with E-state index in [1.54, 1.807) is 0 Å². The quantitative estimate of drug-likeness (QED) is 0.784. The average molecular weight is 345 g/mol. The number of hydrogen-bond donors (Lipinski definition) is 1. The Bertz CT molecular complexity index is 395. The summed E-state index contributed by atoms with van der Waals surface area (Å²) < 4.78 is 3.06. The summed E-state index contributed by atoms with van der Waals surface area (Å²) >= 11 is 3.66. The Hall–Kier alpha value is -0.390. The Morgan fingerprint density at radius 1 is 1.35 bits per heavy atom. The molecule has 0 fully saturated rings. The van der Waals surface area contributed by atoms with Gasteiger partial charge >= 0.3 is 0 Å². The minimum Gasteiger partial charge on any atom is -0.307 e. The normalized spacial score (nSPS) is 16.4. The van der Waals surface area contributed by atoms with E-state index in [2.05, 4.69) is 65.9 Å². The average Bonchev–Trinajstić information content (AvgIpc) is 2.76. The Morgan fingerprint density at radius 2 is 1.95 bits per heavy atom. The van der Waals surface area contributed by atoms with Gasteiger partial charge in [-0.2, -0.15) is 5.10 Å². The lowest BCUT2D eigenvalue weighted by atomic mass is 9.84. The molecule has 0 aliphatic carbocycles. The highest BCUT2D eigenvalue weighted by molar-refractivity contribution is 9.10. The summed E-state index contributed by atoms with van der Waals surface area (Å²) in [4.78, 5) is 2.54. The number of nitrogens with one attached hydrogen (secondary N) is 1. The second-order valence-electron chi connectivity index (χ2n) is 5.38. The molecule has 0 saturated carbocycles. The first-order valence-corrected chi connectivity index (χ1v) is 8.41. The third kappa shape index (κ3) is 3.26. The number of aromatic nitrogens is 2. The molecule has 20 heavy (non-hydrogen) atoms. The molecular weight excluding hydrogens is 316 g/mol. The molecule has 116 valence electrons. The smallest absolute Gasteiger partial charge is 0.0711 e. The lowest BCUT2D eigenvalue weighted by molar-refractivity contribution is 0.0671. The van der Waals surface area contributed by atoms with Crippen molar-refractivity contribution in [1.29, 1.82) is 0 Å². The predicted molar refractivity (Wildman–Crippen MR) is 88.9 cm³/mol. The summed E-state index contributed by atoms with van der Waals surface area (Å²) in [5.41, 5.74) is 1.29. The van der Waals surface area contributed by atoms with E-state index >= 15 is 0 Å². The van der Waals surface area contributed by atoms with Crippen molar-refractivity contribution in [3.8, 4) is 0 Å². The van der Waals surface area contributed by atoms with Crippen LogP contribution in [-0.4, -0.2) is 39.9 Å². The first-order valence-electron chi connectivity index (χ1n) is 7.61. The SMILES string of the molecule is CCNC(c1c(Br)cnn1C)C(C)(CC)N(CC)CC. The van der Waals surface area contributed by atoms with Crippen LogP contribution in [0.15, 0.2) is 10.7 Å². The van der Waals surface area contributed by atoms with E-state index in [0.29, 0.717) is 0 Å². The zero-order chi connectivity index (χ0) is 15.3. The summed E-state index contributed by atoms with van der Waals surface area (Å²) in [6.45, 7) is 14.3. The van der Waals surface area contributed by atoms with Crippen molar-refractivity contribution in [2.24, 2.45) is 7.05 Å². The van der Waals surface area contributed by atoms with Crippen LogP contribution in [0.2, 0.25) is 0 Å². The van der Waals surface area contributed by atoms with Crippen LogP contribution in [0.5, 0.6) is 0 Å². The largest absolute Gasteiger partial charge is 0.307 e. The Morgan fingerprint density at radius 3 is 2.30 bits per heavy atom. The zero-order valence-corrected chi connectivity index (χ0v) is 15.3. The van der Waals surface area contributed by atoms with Gasteiger partial charge in [-0.15, -0.1) is 0 Å². The molecule has 0 amide bonds. The highest BCUT2D eigenvalue weighted by Gasteiger charge is 2.39. The molecule has 1 aromatic rings. The number of likely N-dealkylation sites (N-methyl/N-ethyl adjacent to an activating group) is 2. The number of rotatable bonds is 8. The summed E-state index contributed by atoms with van der Waals surface area (Å²) in [6, 6.07) is 0.249. The molecule has 4 nitrogen and oxygen atoms in total. The van der Waals surface area contributed by atoms with E-state index in [1.165, 1.54) is 5.69 Å². The summed E-state index contributed by atoms with van der Waals surface area (Å²) in [7, 11) is 2.02. The van der Waals surface area contributed by atoms with Gasteiger partial charge in [0.15, 0.2) is 0 Å². The van der Waals surface area contributed by atoms with Crippen molar-refractivity contribution >= 4 is 15.9 Å². The number of halogens is 1. The predicted octanol–water partition coefficient (Wildman–Crippen LogP) is 3.34. The van der Waals surface area contributed by atoms with Gasteiger partial charge in [-0.05, 0) is 48.9 Å². The lowest BCUT2D eigenvalue weighted by Crippen LogP contribution is -2.54. The molecule has 0 aliphatic rings. The Balaban J connectivity index is 3.29. The maximum Gasteiger partial charge on any atom is 0.0711 e. The lowest BCUT2D eigenvalue weighted by Gasteiger charge is -2.46. The fourth-order valence-electron chi connectivity index (χ4n) is 3.12. The van der Waals surface area contributed by atoms with Crippen LogP contribution in [0.1, 0.15) is 52.8 Å². The maximum absolute atomic E-state index is 4.39. The highest BCUT2D eigenvalue weighted by atomic mass is 79.9. The van der Waals surface area contributed by atoms with Crippen LogP contribution >= 0.6 is 15.9 Å². The molecule has 0 bridgehead atoms. The molecule has 0 saturated heterocycles. The van der Waals surface area contributed by atoms with Gasteiger partial charge in [0.25, 0.3) is 0 Å². The number of aryl methyl sites for hydroxylation is 1. The van der Waals surface area contributed by atoms with Crippen LogP contribution in [0.3, 0.4) is 0 Å². The molecule has 1 rings (SSSR count). The summed E-state index contributed by atoms with van der Waals surface area (Å²) in [5, 5.41) is 8.06. The van der Waals surface area contributed by atoms with Gasteiger partial charge in [0, 0.05) is 12.6 Å². The first kappa shape index (κ1) is 17.7. The fourth-order valence-corrected chi connectivity index (χ4v) is 3.69. The van der Waals surface area contributed by atoms with Gasteiger partial charge in [0.2, 0.25) is 0 Å². The van der Waals surface area contributed by atoms with Gasteiger partial charge in [-0.1, -0.05) is 27.7 Å². The van der Waals surface area contributed by atoms with Crippen LogP contribution < -0.4 is 5.32 Å². The molecule has 1 N–H and O–H groups in total. The van der Waals surface area contributed by atoms with E-state index in [-0.39, 0.29) is 11.6 Å². The van der Waals surface area contributed by atoms with Crippen molar-refractivity contribution in [3.63, 3.8) is 0 Å². The van der Waals surface area contributed by atoms with Crippen molar-refractivity contribution in [2.75, 3.05) is 19.6 Å².